The Morgan fingerprint density at radius 3 is 2.17 bits per heavy atom. The molecule has 0 saturated heterocycles. The third-order valence-electron chi connectivity index (χ3n) is 5.04. The lowest BCUT2D eigenvalue weighted by Crippen LogP contribution is -2.14. The molecular weight excluding hydrogens is 412 g/mol. The van der Waals surface area contributed by atoms with Crippen LogP contribution in [-0.2, 0) is 10.0 Å². The Bertz CT molecular complexity index is 1290. The molecule has 0 aliphatic heterocycles. The predicted molar refractivity (Wildman–Crippen MR) is 124 cm³/mol. The van der Waals surface area contributed by atoms with Crippen molar-refractivity contribution in [2.45, 2.75) is 25.7 Å². The van der Waals surface area contributed by atoms with Gasteiger partial charge in [-0.05, 0) is 55.7 Å². The molecule has 0 bridgehead atoms. The van der Waals surface area contributed by atoms with E-state index in [0.29, 0.717) is 10.6 Å². The van der Waals surface area contributed by atoms with Crippen LogP contribution in [0.1, 0.15) is 16.7 Å². The van der Waals surface area contributed by atoms with E-state index in [2.05, 4.69) is 4.72 Å². The van der Waals surface area contributed by atoms with Crippen molar-refractivity contribution in [1.29, 1.82) is 0 Å². The van der Waals surface area contributed by atoms with Gasteiger partial charge in [0.25, 0.3) is 10.0 Å². The van der Waals surface area contributed by atoms with Crippen molar-refractivity contribution in [3.63, 3.8) is 0 Å². The number of anilines is 1. The van der Waals surface area contributed by atoms with Gasteiger partial charge in [0.15, 0.2) is 0 Å². The average molecular weight is 435 g/mol. The van der Waals surface area contributed by atoms with E-state index in [9.17, 15) is 8.42 Å². The standard InChI is InChI=1S/C24H22N2O2S2/c1-16-13-18(3)23(14-17(16)2)30(27,28)26-21-11-9-19(10-12-21)22-15-29-24(25-22)20-7-5-4-6-8-20/h4-15,26H,1-3H3. The summed E-state index contributed by atoms with van der Waals surface area (Å²) >= 11 is 1.59. The van der Waals surface area contributed by atoms with Crippen LogP contribution in [0.15, 0.2) is 77.0 Å². The van der Waals surface area contributed by atoms with Gasteiger partial charge in [-0.15, -0.1) is 11.3 Å². The van der Waals surface area contributed by atoms with Gasteiger partial charge < -0.3 is 0 Å². The monoisotopic (exact) mass is 434 g/mol. The van der Waals surface area contributed by atoms with Crippen molar-refractivity contribution in [2.24, 2.45) is 0 Å². The van der Waals surface area contributed by atoms with Gasteiger partial charge in [0.2, 0.25) is 0 Å². The lowest BCUT2D eigenvalue weighted by Gasteiger charge is -2.13. The SMILES string of the molecule is Cc1cc(C)c(S(=O)(=O)Nc2ccc(-c3csc(-c4ccccc4)n3)cc2)cc1C. The van der Waals surface area contributed by atoms with Gasteiger partial charge in [0.05, 0.1) is 10.6 Å². The van der Waals surface area contributed by atoms with Crippen LogP contribution in [0.2, 0.25) is 0 Å². The van der Waals surface area contributed by atoms with Gasteiger partial charge in [-0.1, -0.05) is 48.5 Å². The van der Waals surface area contributed by atoms with Crippen LogP contribution in [0.4, 0.5) is 5.69 Å². The Morgan fingerprint density at radius 1 is 0.800 bits per heavy atom. The first-order valence-electron chi connectivity index (χ1n) is 9.55. The minimum Gasteiger partial charge on any atom is -0.280 e. The Morgan fingerprint density at radius 2 is 1.47 bits per heavy atom. The minimum atomic E-state index is -3.66. The van der Waals surface area contributed by atoms with Gasteiger partial charge >= 0.3 is 0 Å². The first-order chi connectivity index (χ1) is 14.3. The van der Waals surface area contributed by atoms with Crippen molar-refractivity contribution in [2.75, 3.05) is 4.72 Å². The number of rotatable bonds is 5. The third-order valence-corrected chi connectivity index (χ3v) is 7.45. The number of hydrogen-bond acceptors (Lipinski definition) is 4. The molecule has 0 radical (unpaired) electrons. The van der Waals surface area contributed by atoms with E-state index >= 15 is 0 Å². The molecule has 0 aliphatic carbocycles. The highest BCUT2D eigenvalue weighted by Gasteiger charge is 2.18. The van der Waals surface area contributed by atoms with Crippen molar-refractivity contribution in [3.8, 4) is 21.8 Å². The summed E-state index contributed by atoms with van der Waals surface area (Å²) in [6.45, 7) is 5.71. The Hall–Kier alpha value is -2.96. The molecule has 0 unspecified atom stereocenters. The summed E-state index contributed by atoms with van der Waals surface area (Å²) in [4.78, 5) is 5.02. The van der Waals surface area contributed by atoms with Crippen LogP contribution < -0.4 is 4.72 Å². The molecule has 0 fully saturated rings. The summed E-state index contributed by atoms with van der Waals surface area (Å²) in [5, 5.41) is 2.97. The van der Waals surface area contributed by atoms with Gasteiger partial charge in [0, 0.05) is 22.2 Å². The molecule has 0 amide bonds. The van der Waals surface area contributed by atoms with E-state index in [-0.39, 0.29) is 0 Å². The average Bonchev–Trinajstić information content (AvgIpc) is 3.22. The van der Waals surface area contributed by atoms with Crippen molar-refractivity contribution in [1.82, 2.24) is 4.98 Å². The van der Waals surface area contributed by atoms with E-state index in [1.807, 2.05) is 74.7 Å². The van der Waals surface area contributed by atoms with Crippen molar-refractivity contribution >= 4 is 27.0 Å². The van der Waals surface area contributed by atoms with E-state index in [1.165, 1.54) is 0 Å². The van der Waals surface area contributed by atoms with Gasteiger partial charge in [-0.2, -0.15) is 0 Å². The first kappa shape index (κ1) is 20.3. The maximum Gasteiger partial charge on any atom is 0.262 e. The van der Waals surface area contributed by atoms with Gasteiger partial charge in [0.1, 0.15) is 5.01 Å². The zero-order valence-electron chi connectivity index (χ0n) is 17.0. The Labute approximate surface area is 181 Å². The molecule has 152 valence electrons. The van der Waals surface area contributed by atoms with E-state index in [1.54, 1.807) is 29.5 Å². The predicted octanol–water partition coefficient (Wildman–Crippen LogP) is 6.20. The topological polar surface area (TPSA) is 59.1 Å². The number of aromatic nitrogens is 1. The number of benzene rings is 3. The molecule has 1 heterocycles. The summed E-state index contributed by atoms with van der Waals surface area (Å²) in [5.74, 6) is 0. The molecular formula is C24H22N2O2S2. The Balaban J connectivity index is 1.56. The van der Waals surface area contributed by atoms with Crippen LogP contribution in [0, 0.1) is 20.8 Å². The second kappa shape index (κ2) is 8.05. The number of hydrogen-bond donors (Lipinski definition) is 1. The molecule has 0 spiro atoms. The summed E-state index contributed by atoms with van der Waals surface area (Å²) in [6, 6.07) is 21.0. The van der Waals surface area contributed by atoms with Crippen LogP contribution in [0.25, 0.3) is 21.8 Å². The van der Waals surface area contributed by atoms with Gasteiger partial charge in [-0.3, -0.25) is 4.72 Å². The van der Waals surface area contributed by atoms with Crippen LogP contribution in [-0.4, -0.2) is 13.4 Å². The maximum atomic E-state index is 12.9. The highest BCUT2D eigenvalue weighted by Crippen LogP contribution is 2.30. The number of thiazole rings is 1. The maximum absolute atomic E-state index is 12.9. The highest BCUT2D eigenvalue weighted by molar-refractivity contribution is 7.92. The summed E-state index contributed by atoms with van der Waals surface area (Å²) < 4.78 is 28.4. The highest BCUT2D eigenvalue weighted by atomic mass is 32.2. The lowest BCUT2D eigenvalue weighted by molar-refractivity contribution is 0.600. The number of nitrogens with zero attached hydrogens (tertiary/aromatic N) is 1. The fraction of sp³-hybridized carbons (Fsp3) is 0.125. The fourth-order valence-electron chi connectivity index (χ4n) is 3.26. The molecule has 0 saturated carbocycles. The number of nitrogens with one attached hydrogen (secondary N) is 1. The smallest absolute Gasteiger partial charge is 0.262 e. The van der Waals surface area contributed by atoms with Gasteiger partial charge in [-0.25, -0.2) is 13.4 Å². The minimum absolute atomic E-state index is 0.307. The summed E-state index contributed by atoms with van der Waals surface area (Å²) in [7, 11) is -3.66. The Kier molecular flexibility index (Phi) is 5.45. The molecule has 4 nitrogen and oxygen atoms in total. The zero-order chi connectivity index (χ0) is 21.3. The molecule has 0 aliphatic rings. The quantitative estimate of drug-likeness (QED) is 0.407. The fourth-order valence-corrected chi connectivity index (χ4v) is 5.47. The number of aryl methyl sites for hydroxylation is 3. The van der Waals surface area contributed by atoms with E-state index in [4.69, 9.17) is 4.98 Å². The first-order valence-corrected chi connectivity index (χ1v) is 11.9. The largest absolute Gasteiger partial charge is 0.280 e. The molecule has 6 heteroatoms. The molecule has 4 rings (SSSR count). The molecule has 1 aromatic heterocycles. The summed E-state index contributed by atoms with van der Waals surface area (Å²) in [5.41, 5.74) is 6.19. The lowest BCUT2D eigenvalue weighted by atomic mass is 10.1. The normalized spacial score (nSPS) is 11.4. The molecule has 1 N–H and O–H groups in total. The van der Waals surface area contributed by atoms with Crippen molar-refractivity contribution < 1.29 is 8.42 Å². The molecule has 0 atom stereocenters. The number of sulfonamides is 1. The van der Waals surface area contributed by atoms with Crippen LogP contribution in [0.3, 0.4) is 0 Å². The van der Waals surface area contributed by atoms with E-state index < -0.39 is 10.0 Å². The zero-order valence-corrected chi connectivity index (χ0v) is 18.6. The second-order valence-corrected chi connectivity index (χ2v) is 9.80. The molecule has 30 heavy (non-hydrogen) atoms. The third kappa shape index (κ3) is 4.15. The van der Waals surface area contributed by atoms with Crippen LogP contribution >= 0.6 is 11.3 Å². The molecule has 4 aromatic rings. The van der Waals surface area contributed by atoms with Crippen LogP contribution in [0.5, 0.6) is 0 Å². The van der Waals surface area contributed by atoms with Crippen molar-refractivity contribution in [3.05, 3.63) is 88.8 Å². The van der Waals surface area contributed by atoms with E-state index in [0.717, 1.165) is 38.5 Å². The molecule has 3 aromatic carbocycles. The summed E-state index contributed by atoms with van der Waals surface area (Å²) in [6.07, 6.45) is 0. The second-order valence-electron chi connectivity index (χ2n) is 7.29.